The first-order valence-electron chi connectivity index (χ1n) is 10.0. The van der Waals surface area contributed by atoms with Crippen molar-refractivity contribution in [3.8, 4) is 0 Å². The van der Waals surface area contributed by atoms with Crippen LogP contribution in [0.15, 0.2) is 49.1 Å². The van der Waals surface area contributed by atoms with Crippen molar-refractivity contribution in [1.82, 2.24) is 19.8 Å². The molecule has 4 rings (SSSR count). The highest BCUT2D eigenvalue weighted by molar-refractivity contribution is 5.78. The number of carbonyl (C=O) groups excluding carboxylic acids is 1. The van der Waals surface area contributed by atoms with Crippen molar-refractivity contribution in [1.29, 1.82) is 0 Å². The van der Waals surface area contributed by atoms with Crippen molar-refractivity contribution in [3.05, 3.63) is 60.2 Å². The minimum absolute atomic E-state index is 0.242. The van der Waals surface area contributed by atoms with Crippen molar-refractivity contribution in [2.75, 3.05) is 26.2 Å². The van der Waals surface area contributed by atoms with Crippen LogP contribution in [0.5, 0.6) is 0 Å². The normalized spacial score (nSPS) is 19.9. The number of carbonyl (C=O) groups is 1. The topological polar surface area (TPSA) is 49.3 Å². The third-order valence-electron chi connectivity index (χ3n) is 6.30. The average molecular weight is 364 g/mol. The van der Waals surface area contributed by atoms with E-state index in [1.165, 1.54) is 18.4 Å². The van der Waals surface area contributed by atoms with Crippen molar-refractivity contribution >= 4 is 5.91 Å². The molecule has 2 aromatic rings. The number of rotatable bonds is 4. The molecule has 5 nitrogen and oxygen atoms in total. The molecule has 0 bridgehead atoms. The van der Waals surface area contributed by atoms with E-state index in [0.717, 1.165) is 51.1 Å². The van der Waals surface area contributed by atoms with Crippen LogP contribution in [0, 0.1) is 5.41 Å². The summed E-state index contributed by atoms with van der Waals surface area (Å²) in [6.45, 7) is 5.11. The summed E-state index contributed by atoms with van der Waals surface area (Å²) in [5.74, 6) is 0.242. The van der Waals surface area contributed by atoms with Crippen LogP contribution in [-0.2, 0) is 17.8 Å². The highest BCUT2D eigenvalue weighted by atomic mass is 16.2. The predicted octanol–water partition coefficient (Wildman–Crippen LogP) is 2.92. The van der Waals surface area contributed by atoms with Gasteiger partial charge >= 0.3 is 0 Å². The summed E-state index contributed by atoms with van der Waals surface area (Å²) in [6, 6.07) is 8.05. The first-order valence-corrected chi connectivity index (χ1v) is 10.0. The second kappa shape index (κ2) is 8.17. The maximum absolute atomic E-state index is 12.6. The molecular weight excluding hydrogens is 336 g/mol. The number of aromatic nitrogens is 2. The Morgan fingerprint density at radius 1 is 0.889 bits per heavy atom. The van der Waals surface area contributed by atoms with Gasteiger partial charge in [0.1, 0.15) is 0 Å². The molecule has 2 aliphatic heterocycles. The fourth-order valence-corrected chi connectivity index (χ4v) is 4.45. The zero-order valence-corrected chi connectivity index (χ0v) is 15.9. The molecule has 1 spiro atoms. The summed E-state index contributed by atoms with van der Waals surface area (Å²) in [5, 5.41) is 0. The standard InChI is InChI=1S/C22H28N4O/c27-21(15-19-3-1-9-23-16-19)26-13-7-22(8-14-26)5-11-25(12-6-22)18-20-4-2-10-24-17-20/h1-4,9-10,16-17H,5-8,11-15,18H2. The van der Waals surface area contributed by atoms with Gasteiger partial charge in [-0.25, -0.2) is 0 Å². The first kappa shape index (κ1) is 18.1. The summed E-state index contributed by atoms with van der Waals surface area (Å²) in [4.78, 5) is 25.5. The van der Waals surface area contributed by atoms with Crippen molar-refractivity contribution in [2.45, 2.75) is 38.6 Å². The van der Waals surface area contributed by atoms with Gasteiger partial charge < -0.3 is 4.90 Å². The second-order valence-electron chi connectivity index (χ2n) is 8.06. The van der Waals surface area contributed by atoms with E-state index < -0.39 is 0 Å². The monoisotopic (exact) mass is 364 g/mol. The van der Waals surface area contributed by atoms with E-state index in [1.807, 2.05) is 30.6 Å². The first-order chi connectivity index (χ1) is 13.2. The Bertz CT molecular complexity index is 731. The maximum atomic E-state index is 12.6. The largest absolute Gasteiger partial charge is 0.342 e. The molecular formula is C22H28N4O. The number of pyridine rings is 2. The van der Waals surface area contributed by atoms with E-state index in [2.05, 4.69) is 25.8 Å². The molecule has 142 valence electrons. The Kier molecular flexibility index (Phi) is 5.48. The van der Waals surface area contributed by atoms with Gasteiger partial charge in [-0.1, -0.05) is 12.1 Å². The van der Waals surface area contributed by atoms with E-state index in [4.69, 9.17) is 0 Å². The molecule has 2 aromatic heterocycles. The third kappa shape index (κ3) is 4.53. The van der Waals surface area contributed by atoms with Crippen LogP contribution in [0.3, 0.4) is 0 Å². The minimum atomic E-state index is 0.242. The number of piperidine rings is 2. The molecule has 0 aliphatic carbocycles. The maximum Gasteiger partial charge on any atom is 0.227 e. The Balaban J connectivity index is 1.25. The predicted molar refractivity (Wildman–Crippen MR) is 105 cm³/mol. The third-order valence-corrected chi connectivity index (χ3v) is 6.30. The zero-order chi connectivity index (χ0) is 18.5. The number of nitrogens with zero attached hydrogens (tertiary/aromatic N) is 4. The second-order valence-corrected chi connectivity index (χ2v) is 8.06. The molecule has 0 N–H and O–H groups in total. The highest BCUT2D eigenvalue weighted by Crippen LogP contribution is 2.41. The van der Waals surface area contributed by atoms with Gasteiger partial charge in [0.15, 0.2) is 0 Å². The van der Waals surface area contributed by atoms with Gasteiger partial charge in [-0.2, -0.15) is 0 Å². The number of hydrogen-bond donors (Lipinski definition) is 0. The van der Waals surface area contributed by atoms with Crippen molar-refractivity contribution < 1.29 is 4.79 Å². The lowest BCUT2D eigenvalue weighted by atomic mass is 9.71. The summed E-state index contributed by atoms with van der Waals surface area (Å²) in [6.07, 6.45) is 12.6. The molecule has 0 radical (unpaired) electrons. The van der Waals surface area contributed by atoms with E-state index in [0.29, 0.717) is 11.8 Å². The fraction of sp³-hybridized carbons (Fsp3) is 0.500. The quantitative estimate of drug-likeness (QED) is 0.837. The van der Waals surface area contributed by atoms with Crippen LogP contribution in [0.4, 0.5) is 0 Å². The highest BCUT2D eigenvalue weighted by Gasteiger charge is 2.38. The van der Waals surface area contributed by atoms with Crippen LogP contribution < -0.4 is 0 Å². The smallest absolute Gasteiger partial charge is 0.227 e. The summed E-state index contributed by atoms with van der Waals surface area (Å²) >= 11 is 0. The molecule has 0 saturated carbocycles. The van der Waals surface area contributed by atoms with Gasteiger partial charge in [0.2, 0.25) is 5.91 Å². The van der Waals surface area contributed by atoms with Gasteiger partial charge in [0.25, 0.3) is 0 Å². The molecule has 0 atom stereocenters. The molecule has 0 unspecified atom stereocenters. The Labute approximate surface area is 161 Å². The van der Waals surface area contributed by atoms with Crippen LogP contribution in [0.25, 0.3) is 0 Å². The minimum Gasteiger partial charge on any atom is -0.342 e. The summed E-state index contributed by atoms with van der Waals surface area (Å²) in [5.41, 5.74) is 2.74. The van der Waals surface area contributed by atoms with E-state index >= 15 is 0 Å². The number of likely N-dealkylation sites (tertiary alicyclic amines) is 2. The lowest BCUT2D eigenvalue weighted by Gasteiger charge is -2.47. The van der Waals surface area contributed by atoms with Crippen LogP contribution in [-0.4, -0.2) is 51.9 Å². The molecule has 2 saturated heterocycles. The molecule has 27 heavy (non-hydrogen) atoms. The molecule has 5 heteroatoms. The van der Waals surface area contributed by atoms with Crippen LogP contribution in [0.1, 0.15) is 36.8 Å². The van der Waals surface area contributed by atoms with E-state index in [9.17, 15) is 4.79 Å². The van der Waals surface area contributed by atoms with Gasteiger partial charge in [-0.3, -0.25) is 19.7 Å². The lowest BCUT2D eigenvalue weighted by Crippen LogP contribution is -2.48. The summed E-state index contributed by atoms with van der Waals surface area (Å²) in [7, 11) is 0. The molecule has 0 aromatic carbocycles. The van der Waals surface area contributed by atoms with E-state index in [1.54, 1.807) is 12.4 Å². The number of amides is 1. The average Bonchev–Trinajstić information content (AvgIpc) is 2.72. The molecule has 4 heterocycles. The number of hydrogen-bond acceptors (Lipinski definition) is 4. The summed E-state index contributed by atoms with van der Waals surface area (Å²) < 4.78 is 0. The Morgan fingerprint density at radius 3 is 2.07 bits per heavy atom. The van der Waals surface area contributed by atoms with Crippen molar-refractivity contribution in [3.63, 3.8) is 0 Å². The lowest BCUT2D eigenvalue weighted by molar-refractivity contribution is -0.133. The zero-order valence-electron chi connectivity index (χ0n) is 15.9. The van der Waals surface area contributed by atoms with Gasteiger partial charge in [-0.15, -0.1) is 0 Å². The van der Waals surface area contributed by atoms with Crippen LogP contribution in [0.2, 0.25) is 0 Å². The van der Waals surface area contributed by atoms with E-state index in [-0.39, 0.29) is 5.91 Å². The Hall–Kier alpha value is -2.27. The SMILES string of the molecule is O=C(Cc1cccnc1)N1CCC2(CCN(Cc3cccnc3)CC2)CC1. The molecule has 2 aliphatic rings. The molecule has 2 fully saturated rings. The van der Waals surface area contributed by atoms with Gasteiger partial charge in [0, 0.05) is 44.4 Å². The Morgan fingerprint density at radius 2 is 1.48 bits per heavy atom. The molecule has 1 amide bonds. The van der Waals surface area contributed by atoms with Gasteiger partial charge in [0.05, 0.1) is 6.42 Å². The van der Waals surface area contributed by atoms with Crippen molar-refractivity contribution in [2.24, 2.45) is 5.41 Å². The fourth-order valence-electron chi connectivity index (χ4n) is 4.45. The van der Waals surface area contributed by atoms with Crippen LogP contribution >= 0.6 is 0 Å². The van der Waals surface area contributed by atoms with Gasteiger partial charge in [-0.05, 0) is 67.4 Å².